The summed E-state index contributed by atoms with van der Waals surface area (Å²) in [5.41, 5.74) is 2.00. The summed E-state index contributed by atoms with van der Waals surface area (Å²) >= 11 is 0. The number of carboxylic acid groups (broad SMARTS) is 2. The van der Waals surface area contributed by atoms with Crippen LogP contribution in [-0.4, -0.2) is 22.2 Å². The summed E-state index contributed by atoms with van der Waals surface area (Å²) in [5, 5.41) is 20.1. The lowest BCUT2D eigenvalue weighted by Gasteiger charge is -2.73. The van der Waals surface area contributed by atoms with Gasteiger partial charge in [-0.2, -0.15) is 0 Å². The predicted octanol–water partition coefficient (Wildman–Crippen LogP) is 9.29. The van der Waals surface area contributed by atoms with E-state index in [1.165, 1.54) is 37.7 Å². The number of aliphatic carboxylic acids is 1. The normalized spacial score (nSPS) is 46.6. The van der Waals surface area contributed by atoms with Crippen LogP contribution in [0.15, 0.2) is 24.3 Å². The maximum atomic E-state index is 12.9. The predicted molar refractivity (Wildman–Crippen MR) is 163 cm³/mol. The van der Waals surface area contributed by atoms with E-state index in [4.69, 9.17) is 0 Å². The molecule has 226 valence electrons. The Morgan fingerprint density at radius 2 is 1.44 bits per heavy atom. The topological polar surface area (TPSA) is 74.6 Å². The zero-order valence-electron chi connectivity index (χ0n) is 26.6. The molecule has 5 saturated carbocycles. The minimum Gasteiger partial charge on any atom is -0.481 e. The van der Waals surface area contributed by atoms with Gasteiger partial charge in [0, 0.05) is 0 Å². The third kappa shape index (κ3) is 3.76. The Hall–Kier alpha value is -1.84. The molecule has 41 heavy (non-hydrogen) atoms. The summed E-state index contributed by atoms with van der Waals surface area (Å²) in [6.45, 7) is 17.5. The van der Waals surface area contributed by atoms with Crippen molar-refractivity contribution in [2.24, 2.45) is 62.6 Å². The van der Waals surface area contributed by atoms with Crippen molar-refractivity contribution < 1.29 is 19.8 Å². The fourth-order valence-corrected chi connectivity index (χ4v) is 13.2. The lowest BCUT2D eigenvalue weighted by molar-refractivity contribution is -0.241. The largest absolute Gasteiger partial charge is 0.481 e. The molecule has 5 fully saturated rings. The third-order valence-corrected chi connectivity index (χ3v) is 15.4. The number of aromatic carboxylic acids is 1. The van der Waals surface area contributed by atoms with Crippen LogP contribution in [0.2, 0.25) is 0 Å². The van der Waals surface area contributed by atoms with E-state index in [9.17, 15) is 19.8 Å². The highest BCUT2D eigenvalue weighted by molar-refractivity contribution is 5.87. The van der Waals surface area contributed by atoms with E-state index < -0.39 is 17.4 Å². The summed E-state index contributed by atoms with van der Waals surface area (Å²) in [4.78, 5) is 24.4. The molecule has 2 N–H and O–H groups in total. The second-order valence-corrected chi connectivity index (χ2v) is 16.9. The van der Waals surface area contributed by atoms with Crippen LogP contribution in [0, 0.1) is 62.6 Å². The quantitative estimate of drug-likeness (QED) is 0.383. The minimum atomic E-state index is -0.858. The van der Waals surface area contributed by atoms with Gasteiger partial charge in [-0.1, -0.05) is 60.6 Å². The highest BCUT2D eigenvalue weighted by atomic mass is 16.4. The molecule has 4 heteroatoms. The molecule has 0 heterocycles. The zero-order chi connectivity index (χ0) is 29.8. The fourth-order valence-electron chi connectivity index (χ4n) is 13.2. The molecular weight excluding hydrogens is 508 g/mol. The molecule has 0 radical (unpaired) electrons. The molecule has 4 nitrogen and oxygen atoms in total. The number of hydrogen-bond acceptors (Lipinski definition) is 2. The van der Waals surface area contributed by atoms with Crippen LogP contribution in [0.3, 0.4) is 0 Å². The van der Waals surface area contributed by atoms with Crippen LogP contribution in [0.5, 0.6) is 0 Å². The second-order valence-electron chi connectivity index (χ2n) is 16.9. The lowest BCUT2D eigenvalue weighted by Crippen LogP contribution is -2.66. The Morgan fingerprint density at radius 3 is 2.05 bits per heavy atom. The summed E-state index contributed by atoms with van der Waals surface area (Å²) in [5.74, 6) is 2.28. The van der Waals surface area contributed by atoms with Crippen LogP contribution in [-0.2, 0) is 4.79 Å². The number of benzene rings is 1. The van der Waals surface area contributed by atoms with Gasteiger partial charge in [0.15, 0.2) is 0 Å². The second kappa shape index (κ2) is 9.33. The first-order valence-corrected chi connectivity index (χ1v) is 16.7. The summed E-state index contributed by atoms with van der Waals surface area (Å²) in [6, 6.07) is 7.72. The number of hydrogen-bond donors (Lipinski definition) is 2. The summed E-state index contributed by atoms with van der Waals surface area (Å²) < 4.78 is 0. The molecule has 5 aliphatic carbocycles. The molecule has 10 atom stereocenters. The van der Waals surface area contributed by atoms with E-state index >= 15 is 0 Å². The molecule has 0 aliphatic heterocycles. The standard InChI is InChI=1S/C37H54O4/c1-22(2)25-14-19-37(32(40)41)21-20-35(6)27(30(25)37)12-13-29-34(5)17-15-26(23-8-10-24(11-9-23)31(38)39)33(3,4)28(34)16-18-36(29,35)7/h8-11,22,25-30H,12-21H2,1-7H3,(H,38,39)(H,40,41)/t25-,26+,27+,28-,29+,30+,34-,35+,36+,37-/m0/s1. The van der Waals surface area contributed by atoms with Gasteiger partial charge in [0.05, 0.1) is 11.0 Å². The first-order valence-electron chi connectivity index (χ1n) is 16.7. The number of fused-ring (bicyclic) bond motifs is 7. The van der Waals surface area contributed by atoms with Gasteiger partial charge in [0.1, 0.15) is 0 Å². The van der Waals surface area contributed by atoms with Crippen molar-refractivity contribution in [3.8, 4) is 0 Å². The third-order valence-electron chi connectivity index (χ3n) is 15.4. The maximum absolute atomic E-state index is 12.9. The van der Waals surface area contributed by atoms with E-state index in [1.807, 2.05) is 0 Å². The Morgan fingerprint density at radius 1 is 0.756 bits per heavy atom. The highest BCUT2D eigenvalue weighted by Crippen LogP contribution is 2.78. The van der Waals surface area contributed by atoms with Gasteiger partial charge in [0.2, 0.25) is 0 Å². The van der Waals surface area contributed by atoms with Crippen molar-refractivity contribution in [3.05, 3.63) is 35.4 Å². The molecule has 1 aromatic carbocycles. The van der Waals surface area contributed by atoms with E-state index in [-0.39, 0.29) is 21.7 Å². The molecule has 0 unspecified atom stereocenters. The van der Waals surface area contributed by atoms with Crippen LogP contribution < -0.4 is 0 Å². The van der Waals surface area contributed by atoms with Gasteiger partial charge >= 0.3 is 11.9 Å². The van der Waals surface area contributed by atoms with Crippen LogP contribution in [0.25, 0.3) is 0 Å². The van der Waals surface area contributed by atoms with Crippen LogP contribution >= 0.6 is 0 Å². The van der Waals surface area contributed by atoms with E-state index in [0.29, 0.717) is 47.0 Å². The summed E-state index contributed by atoms with van der Waals surface area (Å²) in [6.07, 6.45) is 11.2. The van der Waals surface area contributed by atoms with Crippen molar-refractivity contribution in [3.63, 3.8) is 0 Å². The monoisotopic (exact) mass is 562 g/mol. The fraction of sp³-hybridized carbons (Fsp3) is 0.784. The molecular formula is C37H54O4. The van der Waals surface area contributed by atoms with Crippen molar-refractivity contribution in [1.29, 1.82) is 0 Å². The van der Waals surface area contributed by atoms with Gasteiger partial charge in [0.25, 0.3) is 0 Å². The minimum absolute atomic E-state index is 0.135. The van der Waals surface area contributed by atoms with Crippen molar-refractivity contribution in [2.45, 2.75) is 119 Å². The first-order chi connectivity index (χ1) is 19.1. The molecule has 6 rings (SSSR count). The Bertz CT molecular complexity index is 1220. The van der Waals surface area contributed by atoms with Crippen molar-refractivity contribution in [2.75, 3.05) is 0 Å². The number of carboxylic acids is 2. The zero-order valence-corrected chi connectivity index (χ0v) is 26.6. The molecule has 0 saturated heterocycles. The van der Waals surface area contributed by atoms with Gasteiger partial charge in [-0.15, -0.1) is 0 Å². The Kier molecular flexibility index (Phi) is 6.65. The van der Waals surface area contributed by atoms with E-state index in [0.717, 1.165) is 32.1 Å². The molecule has 0 aromatic heterocycles. The van der Waals surface area contributed by atoms with Crippen molar-refractivity contribution >= 4 is 11.9 Å². The molecule has 0 bridgehead atoms. The van der Waals surface area contributed by atoms with Gasteiger partial charge in [-0.25, -0.2) is 4.79 Å². The molecule has 0 amide bonds. The van der Waals surface area contributed by atoms with Gasteiger partial charge in [-0.05, 0) is 145 Å². The number of carbonyl (C=O) groups is 2. The maximum Gasteiger partial charge on any atom is 0.335 e. The molecule has 5 aliphatic rings. The van der Waals surface area contributed by atoms with Gasteiger partial charge < -0.3 is 10.2 Å². The summed E-state index contributed by atoms with van der Waals surface area (Å²) in [7, 11) is 0. The number of rotatable bonds is 4. The highest BCUT2D eigenvalue weighted by Gasteiger charge is 2.72. The first kappa shape index (κ1) is 29.2. The Balaban J connectivity index is 1.33. The smallest absolute Gasteiger partial charge is 0.335 e. The molecule has 1 aromatic rings. The van der Waals surface area contributed by atoms with Gasteiger partial charge in [-0.3, -0.25) is 4.79 Å². The average Bonchev–Trinajstić information content (AvgIpc) is 3.30. The lowest BCUT2D eigenvalue weighted by atomic mass is 9.31. The van der Waals surface area contributed by atoms with E-state index in [1.54, 1.807) is 12.1 Å². The van der Waals surface area contributed by atoms with E-state index in [2.05, 4.69) is 60.6 Å². The molecule has 0 spiro atoms. The SMILES string of the molecule is CC(C)[C@@H]1CC[C@]2(C(=O)O)CC[C@]3(C)[C@H](CC[C@@H]4[C@@]5(C)CC[C@H](c6ccc(C(=O)O)cc6)C(C)(C)[C@@H]5CC[C@]43C)[C@@H]12. The van der Waals surface area contributed by atoms with Crippen LogP contribution in [0.1, 0.15) is 135 Å². The average molecular weight is 563 g/mol. The Labute approximate surface area is 248 Å². The van der Waals surface area contributed by atoms with Crippen molar-refractivity contribution in [1.82, 2.24) is 0 Å². The van der Waals surface area contributed by atoms with Crippen LogP contribution in [0.4, 0.5) is 0 Å².